The van der Waals surface area contributed by atoms with Crippen molar-refractivity contribution in [3.05, 3.63) is 59.1 Å². The maximum atomic E-state index is 12.2. The van der Waals surface area contributed by atoms with Crippen molar-refractivity contribution in [1.82, 2.24) is 5.32 Å². The van der Waals surface area contributed by atoms with Gasteiger partial charge in [-0.2, -0.15) is 0 Å². The molecule has 0 saturated carbocycles. The highest BCUT2D eigenvalue weighted by Crippen LogP contribution is 2.19. The molecule has 0 unspecified atom stereocenters. The van der Waals surface area contributed by atoms with Gasteiger partial charge in [0.2, 0.25) is 5.91 Å². The summed E-state index contributed by atoms with van der Waals surface area (Å²) >= 11 is 5.81. The fraction of sp³-hybridized carbons (Fsp3) is 0.133. The molecule has 2 N–H and O–H groups in total. The van der Waals surface area contributed by atoms with Gasteiger partial charge in [-0.15, -0.1) is 0 Å². The molecule has 0 radical (unpaired) electrons. The SMILES string of the molecule is CNC(=O)Cc1ccc(NS(=O)(=O)c2cccc(Cl)c2)cc1. The number of likely N-dealkylation sites (N-methyl/N-ethyl adjacent to an activating group) is 1. The van der Waals surface area contributed by atoms with Crippen LogP contribution in [0.3, 0.4) is 0 Å². The van der Waals surface area contributed by atoms with E-state index in [1.807, 2.05) is 0 Å². The van der Waals surface area contributed by atoms with Crippen molar-refractivity contribution in [2.24, 2.45) is 0 Å². The molecule has 0 spiro atoms. The van der Waals surface area contributed by atoms with Crippen molar-refractivity contribution in [3.63, 3.8) is 0 Å². The molecule has 0 aliphatic carbocycles. The Labute approximate surface area is 134 Å². The summed E-state index contributed by atoms with van der Waals surface area (Å²) in [7, 11) is -2.12. The number of sulfonamides is 1. The van der Waals surface area contributed by atoms with Gasteiger partial charge in [-0.1, -0.05) is 29.8 Å². The molecular weight excluding hydrogens is 324 g/mol. The zero-order chi connectivity index (χ0) is 16.2. The van der Waals surface area contributed by atoms with Gasteiger partial charge >= 0.3 is 0 Å². The summed E-state index contributed by atoms with van der Waals surface area (Å²) in [6.07, 6.45) is 0.248. The van der Waals surface area contributed by atoms with Gasteiger partial charge in [0.1, 0.15) is 0 Å². The molecule has 0 aromatic heterocycles. The van der Waals surface area contributed by atoms with E-state index in [4.69, 9.17) is 11.6 Å². The number of anilines is 1. The number of hydrogen-bond acceptors (Lipinski definition) is 3. The molecule has 2 rings (SSSR count). The molecule has 0 fully saturated rings. The molecule has 0 atom stereocenters. The van der Waals surface area contributed by atoms with Crippen LogP contribution in [0.1, 0.15) is 5.56 Å². The molecule has 1 amide bonds. The van der Waals surface area contributed by atoms with Crippen LogP contribution < -0.4 is 10.0 Å². The maximum Gasteiger partial charge on any atom is 0.261 e. The fourth-order valence-electron chi connectivity index (χ4n) is 1.81. The Morgan fingerprint density at radius 2 is 1.82 bits per heavy atom. The number of rotatable bonds is 5. The Morgan fingerprint density at radius 3 is 2.41 bits per heavy atom. The summed E-state index contributed by atoms with van der Waals surface area (Å²) in [6, 6.07) is 12.6. The second-order valence-corrected chi connectivity index (χ2v) is 6.73. The third kappa shape index (κ3) is 4.22. The van der Waals surface area contributed by atoms with E-state index in [9.17, 15) is 13.2 Å². The third-order valence-corrected chi connectivity index (χ3v) is 4.57. The minimum absolute atomic E-state index is 0.0921. The van der Waals surface area contributed by atoms with Crippen molar-refractivity contribution in [2.45, 2.75) is 11.3 Å². The average Bonchev–Trinajstić information content (AvgIpc) is 2.49. The van der Waals surface area contributed by atoms with Crippen molar-refractivity contribution in [3.8, 4) is 0 Å². The molecule has 0 aliphatic rings. The lowest BCUT2D eigenvalue weighted by atomic mass is 10.1. The molecule has 5 nitrogen and oxygen atoms in total. The Kier molecular flexibility index (Phi) is 5.05. The molecule has 22 heavy (non-hydrogen) atoms. The monoisotopic (exact) mass is 338 g/mol. The summed E-state index contributed by atoms with van der Waals surface area (Å²) in [5, 5.41) is 2.88. The Bertz CT molecular complexity index is 774. The van der Waals surface area contributed by atoms with Crippen LogP contribution in [0.5, 0.6) is 0 Å². The number of nitrogens with one attached hydrogen (secondary N) is 2. The zero-order valence-corrected chi connectivity index (χ0v) is 13.4. The molecular formula is C15H15ClN2O3S. The van der Waals surface area contributed by atoms with E-state index in [0.29, 0.717) is 10.7 Å². The number of carbonyl (C=O) groups excluding carboxylic acids is 1. The van der Waals surface area contributed by atoms with Gasteiger partial charge in [-0.25, -0.2) is 8.42 Å². The first-order valence-electron chi connectivity index (χ1n) is 6.48. The van der Waals surface area contributed by atoms with Gasteiger partial charge in [0, 0.05) is 17.8 Å². The second-order valence-electron chi connectivity index (χ2n) is 4.61. The molecule has 0 heterocycles. The van der Waals surface area contributed by atoms with Crippen molar-refractivity contribution >= 4 is 33.2 Å². The summed E-state index contributed by atoms with van der Waals surface area (Å²) in [5.41, 5.74) is 1.21. The lowest BCUT2D eigenvalue weighted by Gasteiger charge is -2.09. The molecule has 7 heteroatoms. The van der Waals surface area contributed by atoms with Gasteiger partial charge < -0.3 is 5.32 Å². The predicted molar refractivity (Wildman–Crippen MR) is 86.5 cm³/mol. The van der Waals surface area contributed by atoms with E-state index in [-0.39, 0.29) is 17.2 Å². The topological polar surface area (TPSA) is 75.3 Å². The van der Waals surface area contributed by atoms with E-state index in [0.717, 1.165) is 5.56 Å². The zero-order valence-electron chi connectivity index (χ0n) is 11.8. The van der Waals surface area contributed by atoms with Gasteiger partial charge in [-0.05, 0) is 35.9 Å². The van der Waals surface area contributed by atoms with E-state index >= 15 is 0 Å². The van der Waals surface area contributed by atoms with Crippen LogP contribution >= 0.6 is 11.6 Å². The van der Waals surface area contributed by atoms with Crippen molar-refractivity contribution in [2.75, 3.05) is 11.8 Å². The van der Waals surface area contributed by atoms with Crippen molar-refractivity contribution in [1.29, 1.82) is 0 Å². The Hall–Kier alpha value is -2.05. The Morgan fingerprint density at radius 1 is 1.14 bits per heavy atom. The number of carbonyl (C=O) groups is 1. The highest BCUT2D eigenvalue weighted by atomic mass is 35.5. The molecule has 2 aromatic carbocycles. The highest BCUT2D eigenvalue weighted by molar-refractivity contribution is 7.92. The van der Waals surface area contributed by atoms with E-state index in [2.05, 4.69) is 10.0 Å². The second kappa shape index (κ2) is 6.81. The van der Waals surface area contributed by atoms with Gasteiger partial charge in [0.25, 0.3) is 10.0 Å². The van der Waals surface area contributed by atoms with Crippen LogP contribution in [0.4, 0.5) is 5.69 Å². The maximum absolute atomic E-state index is 12.2. The summed E-state index contributed by atoms with van der Waals surface area (Å²) in [5.74, 6) is -0.104. The molecule has 116 valence electrons. The fourth-order valence-corrected chi connectivity index (χ4v) is 3.17. The lowest BCUT2D eigenvalue weighted by Crippen LogP contribution is -2.19. The molecule has 0 saturated heterocycles. The standard InChI is InChI=1S/C15H15ClN2O3S/c1-17-15(19)9-11-5-7-13(8-6-11)18-22(20,21)14-4-2-3-12(16)10-14/h2-8,10,18H,9H2,1H3,(H,17,19). The average molecular weight is 339 g/mol. The lowest BCUT2D eigenvalue weighted by molar-refractivity contribution is -0.119. The minimum Gasteiger partial charge on any atom is -0.359 e. The number of benzene rings is 2. The summed E-state index contributed by atoms with van der Waals surface area (Å²) < 4.78 is 26.9. The van der Waals surface area contributed by atoms with E-state index in [1.54, 1.807) is 43.4 Å². The largest absolute Gasteiger partial charge is 0.359 e. The van der Waals surface area contributed by atoms with Gasteiger partial charge in [0.15, 0.2) is 0 Å². The van der Waals surface area contributed by atoms with Crippen LogP contribution in [0.25, 0.3) is 0 Å². The van der Waals surface area contributed by atoms with Crippen LogP contribution in [0, 0.1) is 0 Å². The normalized spacial score (nSPS) is 11.0. The summed E-state index contributed by atoms with van der Waals surface area (Å²) in [4.78, 5) is 11.4. The first-order chi connectivity index (χ1) is 10.4. The van der Waals surface area contributed by atoms with Gasteiger partial charge in [0.05, 0.1) is 11.3 Å². The Balaban J connectivity index is 2.15. The molecule has 0 aliphatic heterocycles. The van der Waals surface area contributed by atoms with E-state index < -0.39 is 10.0 Å². The van der Waals surface area contributed by atoms with Crippen LogP contribution in [-0.4, -0.2) is 21.4 Å². The number of hydrogen-bond donors (Lipinski definition) is 2. The smallest absolute Gasteiger partial charge is 0.261 e. The summed E-state index contributed by atoms with van der Waals surface area (Å²) in [6.45, 7) is 0. The van der Waals surface area contributed by atoms with Crippen LogP contribution in [0.2, 0.25) is 5.02 Å². The molecule has 2 aromatic rings. The number of halogens is 1. The third-order valence-electron chi connectivity index (χ3n) is 2.96. The van der Waals surface area contributed by atoms with Crippen LogP contribution in [-0.2, 0) is 21.2 Å². The molecule has 0 bridgehead atoms. The highest BCUT2D eigenvalue weighted by Gasteiger charge is 2.14. The van der Waals surface area contributed by atoms with Gasteiger partial charge in [-0.3, -0.25) is 9.52 Å². The first-order valence-corrected chi connectivity index (χ1v) is 8.35. The quantitative estimate of drug-likeness (QED) is 0.879. The predicted octanol–water partition coefficient (Wildman–Crippen LogP) is 2.43. The first kappa shape index (κ1) is 16.3. The van der Waals surface area contributed by atoms with E-state index in [1.165, 1.54) is 12.1 Å². The minimum atomic E-state index is -3.69. The van der Waals surface area contributed by atoms with Crippen molar-refractivity contribution < 1.29 is 13.2 Å². The number of amides is 1. The van der Waals surface area contributed by atoms with Crippen LogP contribution in [0.15, 0.2) is 53.4 Å².